The minimum absolute atomic E-state index is 0.0308. The second-order valence-electron chi connectivity index (χ2n) is 13.1. The van der Waals surface area contributed by atoms with E-state index in [2.05, 4.69) is 27.2 Å². The molecule has 7 rings (SSSR count). The third-order valence-electron chi connectivity index (χ3n) is 9.18. The summed E-state index contributed by atoms with van der Waals surface area (Å²) < 4.78 is 81.9. The number of pyridine rings is 1. The lowest BCUT2D eigenvalue weighted by molar-refractivity contribution is 0.0288. The van der Waals surface area contributed by atoms with E-state index in [0.717, 1.165) is 12.8 Å². The Morgan fingerprint density at radius 1 is 1.07 bits per heavy atom. The van der Waals surface area contributed by atoms with E-state index in [-0.39, 0.29) is 68.8 Å². The second kappa shape index (κ2) is 10.2. The van der Waals surface area contributed by atoms with Crippen LogP contribution in [0, 0.1) is 22.9 Å². The molecule has 0 spiro atoms. The monoisotopic (exact) mass is 647 g/mol. The van der Waals surface area contributed by atoms with Gasteiger partial charge in [-0.05, 0) is 52.1 Å². The number of ether oxygens (including phenoxy) is 1. The van der Waals surface area contributed by atoms with Crippen molar-refractivity contribution < 1.29 is 26.7 Å². The van der Waals surface area contributed by atoms with Crippen molar-refractivity contribution in [3.8, 4) is 17.1 Å². The van der Waals surface area contributed by atoms with Gasteiger partial charge in [0.25, 0.3) is 5.92 Å². The van der Waals surface area contributed by atoms with Crippen LogP contribution in [-0.2, 0) is 0 Å². The largest absolute Gasteiger partial charge is 0.463 e. The number of alkyl halides is 2. The van der Waals surface area contributed by atoms with Gasteiger partial charge in [-0.15, -0.1) is 0 Å². The Hall–Kier alpha value is -3.55. The Morgan fingerprint density at radius 2 is 1.82 bits per heavy atom. The highest BCUT2D eigenvalue weighted by atomic mass is 35.5. The van der Waals surface area contributed by atoms with Crippen LogP contribution in [0.3, 0.4) is 0 Å². The van der Waals surface area contributed by atoms with Gasteiger partial charge >= 0.3 is 6.01 Å². The van der Waals surface area contributed by atoms with Crippen LogP contribution in [0.1, 0.15) is 26.2 Å². The summed E-state index contributed by atoms with van der Waals surface area (Å²) in [4.78, 5) is 16.7. The SMILES string of the molecule is CN(C)C[C@@]1(COc2nc(N3C[C@H]4CC[C@@](C)(C3)N4)c3cc(Cl)c(-c4c(F)cc(F)c5ccc(N)nc45)c(F)c3n2)CC1(F)F. The summed E-state index contributed by atoms with van der Waals surface area (Å²) >= 11 is 6.69. The normalized spacial score (nSPS) is 25.5. The van der Waals surface area contributed by atoms with Crippen molar-refractivity contribution in [2.75, 3.05) is 51.0 Å². The van der Waals surface area contributed by atoms with Crippen LogP contribution < -0.4 is 20.7 Å². The van der Waals surface area contributed by atoms with Gasteiger partial charge < -0.3 is 25.6 Å². The summed E-state index contributed by atoms with van der Waals surface area (Å²) in [7, 11) is 3.39. The molecule has 3 aliphatic rings. The van der Waals surface area contributed by atoms with E-state index >= 15 is 8.78 Å². The Kier molecular flexibility index (Phi) is 6.85. The molecule has 2 aliphatic heterocycles. The molecule has 2 bridgehead atoms. The number of anilines is 2. The lowest BCUT2D eigenvalue weighted by Crippen LogP contribution is -2.58. The standard InChI is InChI=1S/C31H31ClF5N7O/c1-29-7-6-15(42-29)10-44(12-29)27-17-8-18(32)22(23-20(34)9-19(33)16-4-5-21(38)39-25(16)23)24(35)26(17)40-28(41-27)45-14-30(13-43(2)3)11-31(30,36)37/h4-5,8-9,15,42H,6-7,10-14H2,1-3H3,(H2,38,39)/t15-,29+,30-/m1/s1. The maximum atomic E-state index is 16.8. The zero-order chi connectivity index (χ0) is 32.1. The summed E-state index contributed by atoms with van der Waals surface area (Å²) in [5.41, 5.74) is 2.91. The first-order valence-corrected chi connectivity index (χ1v) is 15.0. The fourth-order valence-corrected chi connectivity index (χ4v) is 7.32. The number of piperazine rings is 1. The van der Waals surface area contributed by atoms with Crippen LogP contribution in [0.4, 0.5) is 33.6 Å². The Balaban J connectivity index is 1.41. The third-order valence-corrected chi connectivity index (χ3v) is 9.48. The van der Waals surface area contributed by atoms with Gasteiger partial charge in [0.05, 0.1) is 16.0 Å². The number of hydrogen-bond acceptors (Lipinski definition) is 8. The maximum absolute atomic E-state index is 16.8. The molecule has 3 N–H and O–H groups in total. The fraction of sp³-hybridized carbons (Fsp3) is 0.452. The highest BCUT2D eigenvalue weighted by Gasteiger charge is 2.71. The fourth-order valence-electron chi connectivity index (χ4n) is 7.03. The highest BCUT2D eigenvalue weighted by Crippen LogP contribution is 2.60. The van der Waals surface area contributed by atoms with Crippen LogP contribution in [0.2, 0.25) is 5.02 Å². The molecule has 8 nitrogen and oxygen atoms in total. The molecular weight excluding hydrogens is 617 g/mol. The Morgan fingerprint density at radius 3 is 2.51 bits per heavy atom. The molecule has 2 aromatic carbocycles. The molecule has 1 saturated carbocycles. The molecule has 45 heavy (non-hydrogen) atoms. The van der Waals surface area contributed by atoms with Crippen LogP contribution >= 0.6 is 11.6 Å². The number of benzene rings is 2. The van der Waals surface area contributed by atoms with E-state index in [0.29, 0.717) is 25.0 Å². The maximum Gasteiger partial charge on any atom is 0.319 e. The molecule has 4 aromatic rings. The minimum Gasteiger partial charge on any atom is -0.463 e. The summed E-state index contributed by atoms with van der Waals surface area (Å²) in [5.74, 6) is -5.68. The minimum atomic E-state index is -2.94. The van der Waals surface area contributed by atoms with Crippen LogP contribution in [0.5, 0.6) is 6.01 Å². The summed E-state index contributed by atoms with van der Waals surface area (Å²) in [6.45, 7) is 2.84. The zero-order valence-corrected chi connectivity index (χ0v) is 25.6. The number of nitrogens with one attached hydrogen (secondary N) is 1. The lowest BCUT2D eigenvalue weighted by atomic mass is 9.97. The predicted molar refractivity (Wildman–Crippen MR) is 162 cm³/mol. The van der Waals surface area contributed by atoms with Crippen molar-refractivity contribution in [1.29, 1.82) is 0 Å². The van der Waals surface area contributed by atoms with E-state index < -0.39 is 41.0 Å². The second-order valence-corrected chi connectivity index (χ2v) is 13.5. The van der Waals surface area contributed by atoms with E-state index in [1.807, 2.05) is 4.90 Å². The first-order valence-electron chi connectivity index (χ1n) is 14.6. The van der Waals surface area contributed by atoms with Gasteiger partial charge in [0.2, 0.25) is 0 Å². The van der Waals surface area contributed by atoms with Crippen molar-refractivity contribution in [2.24, 2.45) is 5.41 Å². The van der Waals surface area contributed by atoms with Crippen LogP contribution in [0.25, 0.3) is 32.9 Å². The summed E-state index contributed by atoms with van der Waals surface area (Å²) in [6.07, 6.45) is 1.50. The molecule has 4 heterocycles. The van der Waals surface area contributed by atoms with Crippen molar-refractivity contribution >= 4 is 45.0 Å². The molecule has 3 fully saturated rings. The highest BCUT2D eigenvalue weighted by molar-refractivity contribution is 6.35. The lowest BCUT2D eigenvalue weighted by Gasteiger charge is -2.40. The number of nitrogen functional groups attached to an aromatic ring is 1. The Labute approximate surface area is 260 Å². The molecule has 0 unspecified atom stereocenters. The first-order chi connectivity index (χ1) is 21.2. The summed E-state index contributed by atoms with van der Waals surface area (Å²) in [6, 6.07) is 4.60. The smallest absolute Gasteiger partial charge is 0.319 e. The molecule has 1 aliphatic carbocycles. The van der Waals surface area contributed by atoms with Gasteiger partial charge in [0.1, 0.15) is 35.4 Å². The number of halogens is 6. The molecule has 238 valence electrons. The number of hydrogen-bond donors (Lipinski definition) is 2. The van der Waals surface area contributed by atoms with E-state index in [1.54, 1.807) is 19.0 Å². The average Bonchev–Trinajstić information content (AvgIpc) is 3.36. The molecule has 3 atom stereocenters. The van der Waals surface area contributed by atoms with Crippen molar-refractivity contribution in [1.82, 2.24) is 25.2 Å². The zero-order valence-electron chi connectivity index (χ0n) is 24.8. The number of nitrogens with zero attached hydrogens (tertiary/aromatic N) is 5. The van der Waals surface area contributed by atoms with Crippen molar-refractivity contribution in [2.45, 2.75) is 43.7 Å². The number of fused-ring (bicyclic) bond motifs is 4. The molecule has 2 aromatic heterocycles. The van der Waals surface area contributed by atoms with E-state index in [9.17, 15) is 13.2 Å². The van der Waals surface area contributed by atoms with Gasteiger partial charge in [-0.1, -0.05) is 11.6 Å². The van der Waals surface area contributed by atoms with Gasteiger partial charge in [-0.25, -0.2) is 26.9 Å². The quantitative estimate of drug-likeness (QED) is 0.244. The van der Waals surface area contributed by atoms with Crippen LogP contribution in [-0.4, -0.2) is 77.7 Å². The third kappa shape index (κ3) is 4.99. The van der Waals surface area contributed by atoms with Gasteiger partial charge in [0.15, 0.2) is 5.82 Å². The average molecular weight is 648 g/mol. The first kappa shape index (κ1) is 30.1. The number of rotatable bonds is 7. The van der Waals surface area contributed by atoms with E-state index in [1.165, 1.54) is 18.2 Å². The molecule has 0 amide bonds. The van der Waals surface area contributed by atoms with Crippen LogP contribution in [0.15, 0.2) is 24.3 Å². The molecule has 0 radical (unpaired) electrons. The van der Waals surface area contributed by atoms with Gasteiger partial charge in [-0.3, -0.25) is 0 Å². The molecule has 14 heteroatoms. The van der Waals surface area contributed by atoms with Crippen molar-refractivity contribution in [3.05, 3.63) is 46.7 Å². The number of nitrogens with two attached hydrogens (primary N) is 1. The number of aromatic nitrogens is 3. The van der Waals surface area contributed by atoms with Crippen molar-refractivity contribution in [3.63, 3.8) is 0 Å². The molecular formula is C31H31ClF5N7O. The van der Waals surface area contributed by atoms with E-state index in [4.69, 9.17) is 22.1 Å². The van der Waals surface area contributed by atoms with Gasteiger partial charge in [0, 0.05) is 65.6 Å². The molecule has 2 saturated heterocycles. The predicted octanol–water partition coefficient (Wildman–Crippen LogP) is 5.79. The Bertz CT molecular complexity index is 1880. The summed E-state index contributed by atoms with van der Waals surface area (Å²) in [5, 5.41) is 3.58. The van der Waals surface area contributed by atoms with Gasteiger partial charge in [-0.2, -0.15) is 9.97 Å². The topological polar surface area (TPSA) is 92.4 Å².